The van der Waals surface area contributed by atoms with E-state index >= 15 is 0 Å². The van der Waals surface area contributed by atoms with Crippen LogP contribution in [0.5, 0.6) is 11.5 Å². The molecule has 1 aliphatic rings. The normalized spacial score (nSPS) is 14.3. The number of aromatic amines is 1. The molecule has 0 aliphatic carbocycles. The zero-order valence-corrected chi connectivity index (χ0v) is 19.8. The van der Waals surface area contributed by atoms with Crippen molar-refractivity contribution in [2.75, 3.05) is 46.9 Å². The van der Waals surface area contributed by atoms with Gasteiger partial charge in [-0.05, 0) is 60.6 Å². The molecule has 174 valence electrons. The standard InChI is InChI=1S/C24H29N5O3S/c1-31-20-7-3-18(4-8-20)11-12-27-13-15-28(16-14-27)22(30)17-29-23(25-26-24(29)33)19-5-9-21(32-2)10-6-19/h3-10H,11-17H2,1-2H3,(H,26,33). The van der Waals surface area contributed by atoms with E-state index in [2.05, 4.69) is 27.2 Å². The van der Waals surface area contributed by atoms with Gasteiger partial charge in [0.2, 0.25) is 5.91 Å². The van der Waals surface area contributed by atoms with Crippen LogP contribution in [0.25, 0.3) is 11.4 Å². The van der Waals surface area contributed by atoms with Crippen molar-refractivity contribution in [3.8, 4) is 22.9 Å². The van der Waals surface area contributed by atoms with Crippen molar-refractivity contribution in [2.24, 2.45) is 0 Å². The van der Waals surface area contributed by atoms with Crippen molar-refractivity contribution in [1.29, 1.82) is 0 Å². The third kappa shape index (κ3) is 5.61. The summed E-state index contributed by atoms with van der Waals surface area (Å²) in [7, 11) is 3.30. The number of hydrogen-bond acceptors (Lipinski definition) is 6. The number of ether oxygens (including phenoxy) is 2. The molecule has 0 saturated carbocycles. The van der Waals surface area contributed by atoms with Crippen LogP contribution in [0.4, 0.5) is 0 Å². The number of nitrogens with one attached hydrogen (secondary N) is 1. The van der Waals surface area contributed by atoms with Gasteiger partial charge in [-0.15, -0.1) is 0 Å². The number of H-pyrrole nitrogens is 1. The molecule has 33 heavy (non-hydrogen) atoms. The first-order valence-electron chi connectivity index (χ1n) is 11.0. The summed E-state index contributed by atoms with van der Waals surface area (Å²) in [6.07, 6.45) is 0.980. The van der Waals surface area contributed by atoms with E-state index in [-0.39, 0.29) is 12.5 Å². The largest absolute Gasteiger partial charge is 0.497 e. The summed E-state index contributed by atoms with van der Waals surface area (Å²) in [5.74, 6) is 2.34. The predicted molar refractivity (Wildman–Crippen MR) is 129 cm³/mol. The number of hydrogen-bond donors (Lipinski definition) is 1. The molecule has 0 bridgehead atoms. The molecule has 1 amide bonds. The molecular formula is C24H29N5O3S. The number of piperazine rings is 1. The van der Waals surface area contributed by atoms with E-state index < -0.39 is 0 Å². The van der Waals surface area contributed by atoms with Crippen LogP contribution in [0.3, 0.4) is 0 Å². The van der Waals surface area contributed by atoms with Crippen molar-refractivity contribution in [2.45, 2.75) is 13.0 Å². The van der Waals surface area contributed by atoms with Crippen LogP contribution in [0.2, 0.25) is 0 Å². The highest BCUT2D eigenvalue weighted by molar-refractivity contribution is 7.71. The van der Waals surface area contributed by atoms with Crippen molar-refractivity contribution >= 4 is 18.1 Å². The minimum Gasteiger partial charge on any atom is -0.497 e. The Hall–Kier alpha value is -3.17. The van der Waals surface area contributed by atoms with E-state index in [0.29, 0.717) is 23.7 Å². The Labute approximate surface area is 198 Å². The third-order valence-corrected chi connectivity index (χ3v) is 6.31. The summed E-state index contributed by atoms with van der Waals surface area (Å²) in [5.41, 5.74) is 2.16. The van der Waals surface area contributed by atoms with Crippen molar-refractivity contribution in [3.05, 3.63) is 58.9 Å². The first-order chi connectivity index (χ1) is 16.1. The Balaban J connectivity index is 1.31. The molecule has 9 heteroatoms. The fraction of sp³-hybridized carbons (Fsp3) is 0.375. The summed E-state index contributed by atoms with van der Waals surface area (Å²) in [5, 5.41) is 7.15. The highest BCUT2D eigenvalue weighted by atomic mass is 32.1. The second-order valence-electron chi connectivity index (χ2n) is 7.99. The maximum Gasteiger partial charge on any atom is 0.242 e. The van der Waals surface area contributed by atoms with Crippen LogP contribution in [-0.4, -0.2) is 77.4 Å². The van der Waals surface area contributed by atoms with Crippen molar-refractivity contribution in [3.63, 3.8) is 0 Å². The molecule has 0 atom stereocenters. The number of amides is 1. The van der Waals surface area contributed by atoms with Gasteiger partial charge in [0.15, 0.2) is 10.6 Å². The fourth-order valence-corrected chi connectivity index (χ4v) is 4.16. The number of rotatable bonds is 8. The van der Waals surface area contributed by atoms with Gasteiger partial charge in [-0.1, -0.05) is 12.1 Å². The molecule has 1 fully saturated rings. The molecule has 1 saturated heterocycles. The van der Waals surface area contributed by atoms with Crippen LogP contribution in [-0.2, 0) is 17.8 Å². The van der Waals surface area contributed by atoms with E-state index in [4.69, 9.17) is 21.7 Å². The molecule has 0 unspecified atom stereocenters. The van der Waals surface area contributed by atoms with Crippen molar-refractivity contribution < 1.29 is 14.3 Å². The number of benzene rings is 2. The van der Waals surface area contributed by atoms with Gasteiger partial charge in [0.05, 0.1) is 14.2 Å². The van der Waals surface area contributed by atoms with Gasteiger partial charge in [0.25, 0.3) is 0 Å². The molecule has 1 aromatic heterocycles. The van der Waals surface area contributed by atoms with Crippen LogP contribution in [0, 0.1) is 4.77 Å². The summed E-state index contributed by atoms with van der Waals surface area (Å²) in [6.45, 7) is 4.30. The molecule has 4 rings (SSSR count). The van der Waals surface area contributed by atoms with Gasteiger partial charge < -0.3 is 14.4 Å². The Kier molecular flexibility index (Phi) is 7.41. The molecule has 0 radical (unpaired) electrons. The molecule has 2 heterocycles. The minimum atomic E-state index is 0.0528. The zero-order valence-electron chi connectivity index (χ0n) is 19.0. The predicted octanol–water partition coefficient (Wildman–Crippen LogP) is 3.01. The summed E-state index contributed by atoms with van der Waals surface area (Å²) in [4.78, 5) is 17.3. The van der Waals surface area contributed by atoms with Gasteiger partial charge in [0.1, 0.15) is 18.0 Å². The number of nitrogens with zero attached hydrogens (tertiary/aromatic N) is 4. The highest BCUT2D eigenvalue weighted by Crippen LogP contribution is 2.21. The quantitative estimate of drug-likeness (QED) is 0.514. The lowest BCUT2D eigenvalue weighted by Gasteiger charge is -2.34. The Bertz CT molecular complexity index is 1120. The second kappa shape index (κ2) is 10.6. The number of aromatic nitrogens is 3. The van der Waals surface area contributed by atoms with Gasteiger partial charge in [-0.3, -0.25) is 19.4 Å². The lowest BCUT2D eigenvalue weighted by Crippen LogP contribution is -2.49. The van der Waals surface area contributed by atoms with E-state index in [1.165, 1.54) is 5.56 Å². The smallest absolute Gasteiger partial charge is 0.242 e. The minimum absolute atomic E-state index is 0.0528. The molecule has 1 aliphatic heterocycles. The molecule has 0 spiro atoms. The lowest BCUT2D eigenvalue weighted by atomic mass is 10.1. The van der Waals surface area contributed by atoms with Crippen LogP contribution in [0.15, 0.2) is 48.5 Å². The van der Waals surface area contributed by atoms with E-state index in [1.807, 2.05) is 41.3 Å². The SMILES string of the molecule is COc1ccc(CCN2CCN(C(=O)Cn3c(-c4ccc(OC)cc4)n[nH]c3=S)CC2)cc1. The van der Waals surface area contributed by atoms with E-state index in [0.717, 1.165) is 43.1 Å². The van der Waals surface area contributed by atoms with Gasteiger partial charge >= 0.3 is 0 Å². The summed E-state index contributed by atoms with van der Waals surface area (Å²) >= 11 is 5.39. The maximum atomic E-state index is 13.0. The zero-order chi connectivity index (χ0) is 23.2. The lowest BCUT2D eigenvalue weighted by molar-refractivity contribution is -0.133. The first kappa shape index (κ1) is 23.0. The fourth-order valence-electron chi connectivity index (χ4n) is 3.96. The van der Waals surface area contributed by atoms with Gasteiger partial charge in [-0.2, -0.15) is 5.10 Å². The van der Waals surface area contributed by atoms with E-state index in [9.17, 15) is 4.79 Å². The average Bonchev–Trinajstić information content (AvgIpc) is 3.23. The maximum absolute atomic E-state index is 13.0. The molecule has 2 aromatic carbocycles. The summed E-state index contributed by atoms with van der Waals surface area (Å²) < 4.78 is 12.6. The first-order valence-corrected chi connectivity index (χ1v) is 11.4. The number of methoxy groups -OCH3 is 2. The average molecular weight is 468 g/mol. The Morgan fingerprint density at radius 3 is 2.18 bits per heavy atom. The molecule has 3 aromatic rings. The molecule has 8 nitrogen and oxygen atoms in total. The summed E-state index contributed by atoms with van der Waals surface area (Å²) in [6, 6.07) is 15.7. The monoisotopic (exact) mass is 467 g/mol. The Morgan fingerprint density at radius 2 is 1.58 bits per heavy atom. The second-order valence-corrected chi connectivity index (χ2v) is 8.37. The Morgan fingerprint density at radius 1 is 0.970 bits per heavy atom. The van der Waals surface area contributed by atoms with Gasteiger partial charge in [0, 0.05) is 38.3 Å². The number of carbonyl (C=O) groups is 1. The van der Waals surface area contributed by atoms with Gasteiger partial charge in [-0.25, -0.2) is 0 Å². The molecule has 1 N–H and O–H groups in total. The number of carbonyl (C=O) groups excluding carboxylic acids is 1. The highest BCUT2D eigenvalue weighted by Gasteiger charge is 2.22. The van der Waals surface area contributed by atoms with Crippen LogP contribution < -0.4 is 9.47 Å². The third-order valence-electron chi connectivity index (χ3n) is 6.00. The van der Waals surface area contributed by atoms with Crippen LogP contribution >= 0.6 is 12.2 Å². The van der Waals surface area contributed by atoms with Crippen LogP contribution in [0.1, 0.15) is 5.56 Å². The van der Waals surface area contributed by atoms with E-state index in [1.54, 1.807) is 18.8 Å². The topological polar surface area (TPSA) is 75.6 Å². The molecular weight excluding hydrogens is 438 g/mol. The van der Waals surface area contributed by atoms with Crippen molar-refractivity contribution in [1.82, 2.24) is 24.6 Å².